The van der Waals surface area contributed by atoms with Gasteiger partial charge in [0, 0.05) is 18.2 Å². The zero-order valence-corrected chi connectivity index (χ0v) is 18.0. The van der Waals surface area contributed by atoms with Gasteiger partial charge in [0.2, 0.25) is 5.91 Å². The van der Waals surface area contributed by atoms with Crippen molar-refractivity contribution in [3.05, 3.63) is 41.1 Å². The quantitative estimate of drug-likeness (QED) is 0.790. The third kappa shape index (κ3) is 4.52. The van der Waals surface area contributed by atoms with Crippen LogP contribution in [0.25, 0.3) is 5.69 Å². The van der Waals surface area contributed by atoms with Crippen LogP contribution in [-0.4, -0.2) is 32.8 Å². The molecule has 29 heavy (non-hydrogen) atoms. The summed E-state index contributed by atoms with van der Waals surface area (Å²) in [6.07, 6.45) is 5.28. The standard InChI is InChI=1S/C23H31N3O3/c1-14(2)26(22(27)18-8-6-15(3)7-9-18)21-20(23(28)29)13-25(24-21)19-11-16(4)10-17(5)12-19/h10-15,18H,6-9H2,1-5H3,(H,28,29)/t15-,18-. The number of amides is 1. The summed E-state index contributed by atoms with van der Waals surface area (Å²) < 4.78 is 1.57. The lowest BCUT2D eigenvalue weighted by Crippen LogP contribution is -2.43. The maximum atomic E-state index is 13.4. The molecule has 6 heteroatoms. The van der Waals surface area contributed by atoms with Crippen molar-refractivity contribution in [2.45, 2.75) is 66.3 Å². The first-order valence-corrected chi connectivity index (χ1v) is 10.4. The topological polar surface area (TPSA) is 75.4 Å². The van der Waals surface area contributed by atoms with Crippen LogP contribution >= 0.6 is 0 Å². The Morgan fingerprint density at radius 2 is 1.69 bits per heavy atom. The SMILES string of the molecule is Cc1cc(C)cc(-n2cc(C(=O)O)c(N(C(=O)[C@H]3CC[C@H](C)CC3)C(C)C)n2)c1. The second kappa shape index (κ2) is 8.39. The maximum absolute atomic E-state index is 13.4. The number of benzene rings is 1. The van der Waals surface area contributed by atoms with Gasteiger partial charge in [-0.3, -0.25) is 9.69 Å². The number of carbonyl (C=O) groups excluding carboxylic acids is 1. The Hall–Kier alpha value is -2.63. The molecule has 0 unspecified atom stereocenters. The molecule has 3 rings (SSSR count). The average molecular weight is 398 g/mol. The normalized spacial score (nSPS) is 19.4. The van der Waals surface area contributed by atoms with E-state index in [1.54, 1.807) is 9.58 Å². The van der Waals surface area contributed by atoms with E-state index in [2.05, 4.69) is 18.1 Å². The molecule has 2 aromatic rings. The number of rotatable bonds is 5. The van der Waals surface area contributed by atoms with Crippen LogP contribution in [0.1, 0.15) is 67.9 Å². The minimum atomic E-state index is -1.08. The maximum Gasteiger partial charge on any atom is 0.341 e. The van der Waals surface area contributed by atoms with Crippen LogP contribution in [0.4, 0.5) is 5.82 Å². The van der Waals surface area contributed by atoms with E-state index in [0.29, 0.717) is 5.92 Å². The molecule has 1 fully saturated rings. The lowest BCUT2D eigenvalue weighted by atomic mass is 9.82. The van der Waals surface area contributed by atoms with Crippen molar-refractivity contribution >= 4 is 17.7 Å². The lowest BCUT2D eigenvalue weighted by Gasteiger charge is -2.32. The Bertz CT molecular complexity index is 888. The highest BCUT2D eigenvalue weighted by Gasteiger charge is 2.34. The van der Waals surface area contributed by atoms with Crippen molar-refractivity contribution in [2.24, 2.45) is 11.8 Å². The fourth-order valence-electron chi connectivity index (χ4n) is 4.22. The summed E-state index contributed by atoms with van der Waals surface area (Å²) in [6, 6.07) is 5.79. The van der Waals surface area contributed by atoms with E-state index < -0.39 is 5.97 Å². The smallest absolute Gasteiger partial charge is 0.341 e. The second-order valence-corrected chi connectivity index (χ2v) is 8.72. The molecule has 1 heterocycles. The second-order valence-electron chi connectivity index (χ2n) is 8.72. The van der Waals surface area contributed by atoms with E-state index in [4.69, 9.17) is 0 Å². The van der Waals surface area contributed by atoms with Crippen LogP contribution in [0.2, 0.25) is 0 Å². The van der Waals surface area contributed by atoms with Gasteiger partial charge in [-0.2, -0.15) is 0 Å². The van der Waals surface area contributed by atoms with E-state index in [1.165, 1.54) is 6.20 Å². The number of carboxylic acid groups (broad SMARTS) is 1. The van der Waals surface area contributed by atoms with E-state index in [-0.39, 0.29) is 29.2 Å². The molecule has 0 spiro atoms. The summed E-state index contributed by atoms with van der Waals surface area (Å²) in [7, 11) is 0. The monoisotopic (exact) mass is 397 g/mol. The van der Waals surface area contributed by atoms with E-state index in [1.807, 2.05) is 39.8 Å². The summed E-state index contributed by atoms with van der Waals surface area (Å²) in [6.45, 7) is 10.0. The minimum absolute atomic E-state index is 0.0138. The molecule has 156 valence electrons. The van der Waals surface area contributed by atoms with Crippen molar-refractivity contribution < 1.29 is 14.7 Å². The Morgan fingerprint density at radius 1 is 1.10 bits per heavy atom. The van der Waals surface area contributed by atoms with Crippen LogP contribution in [0.5, 0.6) is 0 Å². The number of nitrogens with zero attached hydrogens (tertiary/aromatic N) is 3. The van der Waals surface area contributed by atoms with Crippen LogP contribution < -0.4 is 4.90 Å². The first-order chi connectivity index (χ1) is 13.7. The van der Waals surface area contributed by atoms with Gasteiger partial charge in [0.1, 0.15) is 5.56 Å². The van der Waals surface area contributed by atoms with Crippen molar-refractivity contribution in [3.63, 3.8) is 0 Å². The van der Waals surface area contributed by atoms with Gasteiger partial charge >= 0.3 is 5.97 Å². The number of aromatic nitrogens is 2. The highest BCUT2D eigenvalue weighted by atomic mass is 16.4. The fraction of sp³-hybridized carbons (Fsp3) is 0.522. The molecule has 0 radical (unpaired) electrons. The van der Waals surface area contributed by atoms with E-state index >= 15 is 0 Å². The first kappa shape index (κ1) is 21.1. The molecule has 1 N–H and O–H groups in total. The van der Waals surface area contributed by atoms with E-state index in [0.717, 1.165) is 42.5 Å². The van der Waals surface area contributed by atoms with Crippen LogP contribution in [0.3, 0.4) is 0 Å². The summed E-state index contributed by atoms with van der Waals surface area (Å²) in [4.78, 5) is 26.9. The van der Waals surface area contributed by atoms with Crippen LogP contribution in [0, 0.1) is 25.7 Å². The van der Waals surface area contributed by atoms with Crippen molar-refractivity contribution in [3.8, 4) is 5.69 Å². The largest absolute Gasteiger partial charge is 0.477 e. The molecule has 1 saturated carbocycles. The zero-order valence-electron chi connectivity index (χ0n) is 18.0. The van der Waals surface area contributed by atoms with Gasteiger partial charge < -0.3 is 5.11 Å². The third-order valence-electron chi connectivity index (χ3n) is 5.74. The van der Waals surface area contributed by atoms with Gasteiger partial charge in [-0.15, -0.1) is 5.10 Å². The van der Waals surface area contributed by atoms with Crippen LogP contribution in [0.15, 0.2) is 24.4 Å². The van der Waals surface area contributed by atoms with E-state index in [9.17, 15) is 14.7 Å². The number of carboxylic acids is 1. The molecule has 1 aromatic carbocycles. The molecule has 0 aliphatic heterocycles. The van der Waals surface area contributed by atoms with Crippen molar-refractivity contribution in [2.75, 3.05) is 4.90 Å². The molecule has 6 nitrogen and oxygen atoms in total. The van der Waals surface area contributed by atoms with Gasteiger partial charge in [0.15, 0.2) is 5.82 Å². The molecule has 1 aliphatic carbocycles. The summed E-state index contributed by atoms with van der Waals surface area (Å²) in [5.74, 6) is -0.284. The molecule has 0 atom stereocenters. The molecule has 1 aromatic heterocycles. The first-order valence-electron chi connectivity index (χ1n) is 10.4. The zero-order chi connectivity index (χ0) is 21.3. The molecule has 0 saturated heterocycles. The number of hydrogen-bond donors (Lipinski definition) is 1. The molecule has 0 bridgehead atoms. The number of aryl methyl sites for hydroxylation is 2. The average Bonchev–Trinajstić information content (AvgIpc) is 3.06. The van der Waals surface area contributed by atoms with Crippen molar-refractivity contribution in [1.82, 2.24) is 9.78 Å². The lowest BCUT2D eigenvalue weighted by molar-refractivity contribution is -0.123. The van der Waals surface area contributed by atoms with Crippen molar-refractivity contribution in [1.29, 1.82) is 0 Å². The number of carbonyl (C=O) groups is 2. The number of aromatic carboxylic acids is 1. The van der Waals surface area contributed by atoms with Gasteiger partial charge in [-0.25, -0.2) is 9.48 Å². The molecule has 1 amide bonds. The molecular formula is C23H31N3O3. The Morgan fingerprint density at radius 3 is 2.21 bits per heavy atom. The highest BCUT2D eigenvalue weighted by molar-refractivity contribution is 6.01. The predicted octanol–water partition coefficient (Wildman–Crippen LogP) is 4.76. The Kier molecular flexibility index (Phi) is 6.10. The number of anilines is 1. The fourth-order valence-corrected chi connectivity index (χ4v) is 4.22. The predicted molar refractivity (Wildman–Crippen MR) is 114 cm³/mol. The summed E-state index contributed by atoms with van der Waals surface area (Å²) in [5.41, 5.74) is 2.98. The number of hydrogen-bond acceptors (Lipinski definition) is 3. The van der Waals surface area contributed by atoms with Crippen LogP contribution in [-0.2, 0) is 4.79 Å². The summed E-state index contributed by atoms with van der Waals surface area (Å²) >= 11 is 0. The summed E-state index contributed by atoms with van der Waals surface area (Å²) in [5, 5.41) is 14.4. The Balaban J connectivity index is 2.02. The van der Waals surface area contributed by atoms with Gasteiger partial charge in [0.05, 0.1) is 5.69 Å². The Labute approximate surface area is 172 Å². The third-order valence-corrected chi connectivity index (χ3v) is 5.74. The minimum Gasteiger partial charge on any atom is -0.477 e. The molecule has 1 aliphatic rings. The van der Waals surface area contributed by atoms with Gasteiger partial charge in [-0.05, 0) is 82.6 Å². The van der Waals surface area contributed by atoms with Gasteiger partial charge in [0.25, 0.3) is 0 Å². The molecular weight excluding hydrogens is 366 g/mol. The van der Waals surface area contributed by atoms with Gasteiger partial charge in [-0.1, -0.05) is 13.0 Å². The highest BCUT2D eigenvalue weighted by Crippen LogP contribution is 2.32.